The third kappa shape index (κ3) is 3.00. The molecule has 2 heteroatoms. The summed E-state index contributed by atoms with van der Waals surface area (Å²) in [6.07, 6.45) is 14.3. The molecule has 19 heavy (non-hydrogen) atoms. The van der Waals surface area contributed by atoms with Gasteiger partial charge < -0.3 is 10.6 Å². The fraction of sp³-hybridized carbons (Fsp3) is 1.00. The van der Waals surface area contributed by atoms with Crippen LogP contribution in [0, 0.1) is 11.3 Å². The van der Waals surface area contributed by atoms with E-state index < -0.39 is 0 Å². The topological polar surface area (TPSA) is 24.1 Å². The second kappa shape index (κ2) is 6.13. The molecule has 2 aliphatic carbocycles. The summed E-state index contributed by atoms with van der Waals surface area (Å²) in [5, 5.41) is 7.77. The van der Waals surface area contributed by atoms with Crippen molar-refractivity contribution in [2.75, 3.05) is 13.1 Å². The maximum absolute atomic E-state index is 3.98. The van der Waals surface area contributed by atoms with E-state index in [1.54, 1.807) is 0 Å². The van der Waals surface area contributed by atoms with Crippen LogP contribution in [-0.2, 0) is 0 Å². The van der Waals surface area contributed by atoms with Gasteiger partial charge in [0.15, 0.2) is 0 Å². The SMILES string of the molecule is CCC1(CNC2CCCC2C2CCCCN2)CCC1. The highest BCUT2D eigenvalue weighted by molar-refractivity contribution is 4.95. The average molecular weight is 264 g/mol. The molecule has 3 rings (SSSR count). The quantitative estimate of drug-likeness (QED) is 0.794. The van der Waals surface area contributed by atoms with Crippen LogP contribution < -0.4 is 10.6 Å². The van der Waals surface area contributed by atoms with Crippen molar-refractivity contribution >= 4 is 0 Å². The summed E-state index contributed by atoms with van der Waals surface area (Å²) in [5.74, 6) is 0.911. The van der Waals surface area contributed by atoms with Gasteiger partial charge in [-0.15, -0.1) is 0 Å². The number of rotatable bonds is 5. The third-order valence-electron chi connectivity index (χ3n) is 6.34. The van der Waals surface area contributed by atoms with Crippen molar-refractivity contribution in [3.05, 3.63) is 0 Å². The predicted octanol–water partition coefficient (Wildman–Crippen LogP) is 3.47. The van der Waals surface area contributed by atoms with Crippen molar-refractivity contribution in [1.29, 1.82) is 0 Å². The van der Waals surface area contributed by atoms with Crippen LogP contribution in [0.4, 0.5) is 0 Å². The number of nitrogens with one attached hydrogen (secondary N) is 2. The van der Waals surface area contributed by atoms with Gasteiger partial charge in [-0.1, -0.05) is 26.2 Å². The van der Waals surface area contributed by atoms with Gasteiger partial charge in [-0.2, -0.15) is 0 Å². The lowest BCUT2D eigenvalue weighted by Gasteiger charge is -2.43. The molecule has 3 unspecified atom stereocenters. The van der Waals surface area contributed by atoms with Gasteiger partial charge in [-0.05, 0) is 62.8 Å². The first kappa shape index (κ1) is 13.9. The molecule has 0 aromatic carbocycles. The molecule has 1 heterocycles. The average Bonchev–Trinajstić information content (AvgIpc) is 2.87. The van der Waals surface area contributed by atoms with Gasteiger partial charge in [-0.3, -0.25) is 0 Å². The maximum atomic E-state index is 3.98. The van der Waals surface area contributed by atoms with Crippen molar-refractivity contribution < 1.29 is 0 Å². The zero-order valence-corrected chi connectivity index (χ0v) is 12.7. The molecular weight excluding hydrogens is 232 g/mol. The first-order valence-corrected chi connectivity index (χ1v) is 8.80. The first-order chi connectivity index (χ1) is 9.33. The molecule has 110 valence electrons. The van der Waals surface area contributed by atoms with Gasteiger partial charge in [0.25, 0.3) is 0 Å². The first-order valence-electron chi connectivity index (χ1n) is 8.80. The molecule has 0 bridgehead atoms. The minimum absolute atomic E-state index is 0.674. The molecule has 1 saturated heterocycles. The van der Waals surface area contributed by atoms with Crippen LogP contribution in [-0.4, -0.2) is 25.2 Å². The minimum atomic E-state index is 0.674. The Morgan fingerprint density at radius 2 is 1.95 bits per heavy atom. The predicted molar refractivity (Wildman–Crippen MR) is 81.3 cm³/mol. The van der Waals surface area contributed by atoms with Crippen LogP contribution in [0.2, 0.25) is 0 Å². The van der Waals surface area contributed by atoms with Crippen LogP contribution in [0.25, 0.3) is 0 Å². The summed E-state index contributed by atoms with van der Waals surface area (Å²) >= 11 is 0. The standard InChI is InChI=1S/C17H32N2/c1-2-17(10-6-11-17)13-19-16-9-5-7-14(16)15-8-3-4-12-18-15/h14-16,18-19H,2-13H2,1H3. The van der Waals surface area contributed by atoms with Crippen LogP contribution in [0.5, 0.6) is 0 Å². The molecule has 2 nitrogen and oxygen atoms in total. The third-order valence-corrected chi connectivity index (χ3v) is 6.34. The van der Waals surface area contributed by atoms with E-state index in [0.29, 0.717) is 5.41 Å². The van der Waals surface area contributed by atoms with E-state index in [4.69, 9.17) is 0 Å². The van der Waals surface area contributed by atoms with Gasteiger partial charge in [0.1, 0.15) is 0 Å². The van der Waals surface area contributed by atoms with E-state index in [1.165, 1.54) is 77.3 Å². The van der Waals surface area contributed by atoms with Crippen molar-refractivity contribution in [2.45, 2.75) is 83.2 Å². The Morgan fingerprint density at radius 1 is 1.05 bits per heavy atom. The fourth-order valence-corrected chi connectivity index (χ4v) is 4.65. The van der Waals surface area contributed by atoms with Crippen molar-refractivity contribution in [3.8, 4) is 0 Å². The second-order valence-electron chi connectivity index (χ2n) is 7.35. The molecule has 2 N–H and O–H groups in total. The molecule has 0 spiro atoms. The highest BCUT2D eigenvalue weighted by atomic mass is 15.0. The molecule has 1 aliphatic heterocycles. The summed E-state index contributed by atoms with van der Waals surface area (Å²) in [6, 6.07) is 1.62. The van der Waals surface area contributed by atoms with Crippen molar-refractivity contribution in [1.82, 2.24) is 10.6 Å². The Kier molecular flexibility index (Phi) is 4.48. The van der Waals surface area contributed by atoms with E-state index in [2.05, 4.69) is 17.6 Å². The molecule has 0 aromatic rings. The lowest BCUT2D eigenvalue weighted by atomic mass is 9.67. The second-order valence-corrected chi connectivity index (χ2v) is 7.35. The monoisotopic (exact) mass is 264 g/mol. The lowest BCUT2D eigenvalue weighted by Crippen LogP contribution is -2.50. The maximum Gasteiger partial charge on any atom is 0.0110 e. The van der Waals surface area contributed by atoms with Gasteiger partial charge in [0, 0.05) is 18.6 Å². The van der Waals surface area contributed by atoms with E-state index in [9.17, 15) is 0 Å². The van der Waals surface area contributed by atoms with Crippen LogP contribution in [0.15, 0.2) is 0 Å². The Morgan fingerprint density at radius 3 is 2.58 bits per heavy atom. The van der Waals surface area contributed by atoms with Crippen LogP contribution >= 0.6 is 0 Å². The Hall–Kier alpha value is -0.0800. The molecule has 3 atom stereocenters. The summed E-state index contributed by atoms with van der Waals surface area (Å²) in [5.41, 5.74) is 0.674. The summed E-state index contributed by atoms with van der Waals surface area (Å²) in [4.78, 5) is 0. The highest BCUT2D eigenvalue weighted by Crippen LogP contribution is 2.43. The van der Waals surface area contributed by atoms with Gasteiger partial charge in [0.05, 0.1) is 0 Å². The zero-order chi connectivity index (χ0) is 13.1. The van der Waals surface area contributed by atoms with Gasteiger partial charge in [0.2, 0.25) is 0 Å². The Bertz CT molecular complexity index is 273. The van der Waals surface area contributed by atoms with Crippen molar-refractivity contribution in [3.63, 3.8) is 0 Å². The Balaban J connectivity index is 1.51. The molecule has 2 saturated carbocycles. The number of piperidine rings is 1. The minimum Gasteiger partial charge on any atom is -0.314 e. The summed E-state index contributed by atoms with van der Waals surface area (Å²) in [6.45, 7) is 4.93. The zero-order valence-electron chi connectivity index (χ0n) is 12.7. The molecule has 0 amide bonds. The Labute approximate surface area is 119 Å². The molecule has 3 aliphatic rings. The van der Waals surface area contributed by atoms with E-state index in [-0.39, 0.29) is 0 Å². The molecule has 3 fully saturated rings. The molecular formula is C17H32N2. The largest absolute Gasteiger partial charge is 0.314 e. The van der Waals surface area contributed by atoms with Crippen LogP contribution in [0.3, 0.4) is 0 Å². The highest BCUT2D eigenvalue weighted by Gasteiger charge is 2.38. The summed E-state index contributed by atoms with van der Waals surface area (Å²) < 4.78 is 0. The number of hydrogen-bond acceptors (Lipinski definition) is 2. The van der Waals surface area contributed by atoms with Gasteiger partial charge >= 0.3 is 0 Å². The summed E-state index contributed by atoms with van der Waals surface area (Å²) in [7, 11) is 0. The van der Waals surface area contributed by atoms with E-state index in [0.717, 1.165) is 18.0 Å². The molecule has 0 radical (unpaired) electrons. The van der Waals surface area contributed by atoms with Crippen LogP contribution in [0.1, 0.15) is 71.1 Å². The van der Waals surface area contributed by atoms with E-state index >= 15 is 0 Å². The fourth-order valence-electron chi connectivity index (χ4n) is 4.65. The lowest BCUT2D eigenvalue weighted by molar-refractivity contribution is 0.112. The smallest absolute Gasteiger partial charge is 0.0110 e. The van der Waals surface area contributed by atoms with Gasteiger partial charge in [-0.25, -0.2) is 0 Å². The molecule has 0 aromatic heterocycles. The van der Waals surface area contributed by atoms with E-state index in [1.807, 2.05) is 0 Å². The number of hydrogen-bond donors (Lipinski definition) is 2. The van der Waals surface area contributed by atoms with Crippen molar-refractivity contribution in [2.24, 2.45) is 11.3 Å². The normalized spacial score (nSPS) is 38.1.